The molecule has 2 fully saturated rings. The van der Waals surface area contributed by atoms with Crippen LogP contribution in [-0.2, 0) is 6.54 Å². The number of pyridine rings is 1. The van der Waals surface area contributed by atoms with E-state index in [2.05, 4.69) is 22.0 Å². The molecule has 124 valence electrons. The van der Waals surface area contributed by atoms with Crippen LogP contribution in [-0.4, -0.2) is 35.4 Å². The Hall–Kier alpha value is -2.27. The topological polar surface area (TPSA) is 43.8 Å². The number of ether oxygens (including phenoxy) is 3. The van der Waals surface area contributed by atoms with Crippen molar-refractivity contribution in [3.05, 3.63) is 48.2 Å². The van der Waals surface area contributed by atoms with Gasteiger partial charge in [0.15, 0.2) is 11.5 Å². The highest BCUT2D eigenvalue weighted by molar-refractivity contribution is 5.44. The standard InChI is InChI=1S/C19H20N2O3/c1-2-8-20-18(3-1)24-19-14-5-6-15(19)21(11-14)10-13-4-7-16-17(9-13)23-12-22-16/h1-4,7-9,14-15,19H,5-6,10-12H2. The van der Waals surface area contributed by atoms with Gasteiger partial charge in [-0.2, -0.15) is 0 Å². The van der Waals surface area contributed by atoms with E-state index in [9.17, 15) is 0 Å². The maximum Gasteiger partial charge on any atom is 0.231 e. The van der Waals surface area contributed by atoms with Crippen molar-refractivity contribution in [2.75, 3.05) is 13.3 Å². The average Bonchev–Trinajstić information content (AvgIpc) is 3.30. The summed E-state index contributed by atoms with van der Waals surface area (Å²) >= 11 is 0. The Kier molecular flexibility index (Phi) is 3.33. The molecule has 2 bridgehead atoms. The van der Waals surface area contributed by atoms with E-state index in [4.69, 9.17) is 14.2 Å². The van der Waals surface area contributed by atoms with Crippen molar-refractivity contribution in [2.24, 2.45) is 5.92 Å². The smallest absolute Gasteiger partial charge is 0.231 e. The third-order valence-electron chi connectivity index (χ3n) is 5.33. The van der Waals surface area contributed by atoms with E-state index in [1.807, 2.05) is 24.3 Å². The van der Waals surface area contributed by atoms with Crippen LogP contribution in [0.4, 0.5) is 0 Å². The number of hydrogen-bond donors (Lipinski definition) is 0. The molecule has 0 N–H and O–H groups in total. The van der Waals surface area contributed by atoms with Crippen molar-refractivity contribution in [2.45, 2.75) is 31.5 Å². The second kappa shape index (κ2) is 5.67. The van der Waals surface area contributed by atoms with Crippen molar-refractivity contribution in [3.8, 4) is 17.4 Å². The van der Waals surface area contributed by atoms with Crippen LogP contribution < -0.4 is 14.2 Å². The summed E-state index contributed by atoms with van der Waals surface area (Å²) in [5.74, 6) is 3.05. The van der Waals surface area contributed by atoms with Gasteiger partial charge in [0, 0.05) is 37.3 Å². The summed E-state index contributed by atoms with van der Waals surface area (Å²) in [6, 6.07) is 12.6. The summed E-state index contributed by atoms with van der Waals surface area (Å²) < 4.78 is 17.1. The van der Waals surface area contributed by atoms with E-state index in [0.717, 1.165) is 30.5 Å². The van der Waals surface area contributed by atoms with Crippen molar-refractivity contribution in [3.63, 3.8) is 0 Å². The first-order chi connectivity index (χ1) is 11.9. The summed E-state index contributed by atoms with van der Waals surface area (Å²) in [7, 11) is 0. The lowest BCUT2D eigenvalue weighted by Gasteiger charge is -2.27. The third-order valence-corrected chi connectivity index (χ3v) is 5.33. The zero-order valence-corrected chi connectivity index (χ0v) is 13.4. The summed E-state index contributed by atoms with van der Waals surface area (Å²) in [5, 5.41) is 0. The van der Waals surface area contributed by atoms with Gasteiger partial charge in [0.2, 0.25) is 12.7 Å². The lowest BCUT2D eigenvalue weighted by Crippen LogP contribution is -2.35. The molecule has 3 atom stereocenters. The Bertz CT molecular complexity index is 737. The Morgan fingerprint density at radius 3 is 3.00 bits per heavy atom. The Labute approximate surface area is 141 Å². The van der Waals surface area contributed by atoms with Gasteiger partial charge in [0.25, 0.3) is 0 Å². The molecule has 3 heterocycles. The van der Waals surface area contributed by atoms with Crippen LogP contribution in [0.15, 0.2) is 42.6 Å². The zero-order valence-electron chi connectivity index (χ0n) is 13.4. The number of aromatic nitrogens is 1. The molecule has 1 aromatic heterocycles. The number of hydrogen-bond acceptors (Lipinski definition) is 5. The Balaban J connectivity index is 1.30. The van der Waals surface area contributed by atoms with Gasteiger partial charge in [-0.1, -0.05) is 12.1 Å². The number of fused-ring (bicyclic) bond motifs is 3. The average molecular weight is 324 g/mol. The summed E-state index contributed by atoms with van der Waals surface area (Å²) in [4.78, 5) is 6.86. The quantitative estimate of drug-likeness (QED) is 0.865. The van der Waals surface area contributed by atoms with Crippen molar-refractivity contribution >= 4 is 0 Å². The van der Waals surface area contributed by atoms with E-state index in [0.29, 0.717) is 18.8 Å². The fourth-order valence-electron chi connectivity index (χ4n) is 4.24. The first-order valence-electron chi connectivity index (χ1n) is 8.57. The lowest BCUT2D eigenvalue weighted by molar-refractivity contribution is 0.137. The van der Waals surface area contributed by atoms with Crippen LogP contribution in [0.2, 0.25) is 0 Å². The van der Waals surface area contributed by atoms with Gasteiger partial charge < -0.3 is 14.2 Å². The first-order valence-corrected chi connectivity index (χ1v) is 8.57. The molecule has 1 aromatic carbocycles. The summed E-state index contributed by atoms with van der Waals surface area (Å²) in [6.45, 7) is 2.35. The van der Waals surface area contributed by atoms with Crippen LogP contribution in [0.5, 0.6) is 17.4 Å². The second-order valence-corrected chi connectivity index (χ2v) is 6.77. The molecule has 24 heavy (non-hydrogen) atoms. The van der Waals surface area contributed by atoms with Crippen LogP contribution in [0, 0.1) is 5.92 Å². The molecule has 2 aliphatic heterocycles. The molecule has 0 amide bonds. The summed E-state index contributed by atoms with van der Waals surface area (Å²) in [6.07, 6.45) is 4.50. The molecule has 1 aliphatic carbocycles. The Morgan fingerprint density at radius 1 is 1.12 bits per heavy atom. The number of likely N-dealkylation sites (tertiary alicyclic amines) is 1. The minimum Gasteiger partial charge on any atom is -0.472 e. The minimum absolute atomic E-state index is 0.258. The molecule has 0 radical (unpaired) electrons. The highest BCUT2D eigenvalue weighted by Gasteiger charge is 2.48. The van der Waals surface area contributed by atoms with Crippen LogP contribution in [0.3, 0.4) is 0 Å². The van der Waals surface area contributed by atoms with Crippen molar-refractivity contribution < 1.29 is 14.2 Å². The van der Waals surface area contributed by atoms with Crippen molar-refractivity contribution in [1.29, 1.82) is 0 Å². The van der Waals surface area contributed by atoms with E-state index in [1.165, 1.54) is 18.4 Å². The van der Waals surface area contributed by atoms with Crippen LogP contribution in [0.1, 0.15) is 18.4 Å². The van der Waals surface area contributed by atoms with Gasteiger partial charge >= 0.3 is 0 Å². The van der Waals surface area contributed by atoms with Gasteiger partial charge in [-0.25, -0.2) is 4.98 Å². The highest BCUT2D eigenvalue weighted by atomic mass is 16.7. The minimum atomic E-state index is 0.258. The third kappa shape index (κ3) is 2.40. The molecule has 3 unspecified atom stereocenters. The van der Waals surface area contributed by atoms with Crippen molar-refractivity contribution in [1.82, 2.24) is 9.88 Å². The zero-order chi connectivity index (χ0) is 15.9. The first kappa shape index (κ1) is 14.1. The monoisotopic (exact) mass is 324 g/mol. The molecule has 1 saturated heterocycles. The molecule has 0 spiro atoms. The lowest BCUT2D eigenvalue weighted by atomic mass is 10.1. The maximum absolute atomic E-state index is 6.21. The summed E-state index contributed by atoms with van der Waals surface area (Å²) in [5.41, 5.74) is 1.27. The molecular formula is C19H20N2O3. The van der Waals surface area contributed by atoms with Gasteiger partial charge in [0.05, 0.1) is 0 Å². The van der Waals surface area contributed by atoms with Gasteiger partial charge in [-0.15, -0.1) is 0 Å². The van der Waals surface area contributed by atoms with E-state index < -0.39 is 0 Å². The van der Waals surface area contributed by atoms with Gasteiger partial charge in [-0.3, -0.25) is 4.90 Å². The van der Waals surface area contributed by atoms with Gasteiger partial charge in [-0.05, 0) is 36.6 Å². The second-order valence-electron chi connectivity index (χ2n) is 6.77. The number of rotatable bonds is 4. The predicted octanol–water partition coefficient (Wildman–Crippen LogP) is 2.85. The Morgan fingerprint density at radius 2 is 2.08 bits per heavy atom. The fourth-order valence-corrected chi connectivity index (χ4v) is 4.24. The molecule has 5 rings (SSSR count). The van der Waals surface area contributed by atoms with E-state index >= 15 is 0 Å². The predicted molar refractivity (Wildman–Crippen MR) is 88.1 cm³/mol. The van der Waals surface area contributed by atoms with Crippen LogP contribution >= 0.6 is 0 Å². The van der Waals surface area contributed by atoms with E-state index in [1.54, 1.807) is 6.20 Å². The molecule has 3 aliphatic rings. The van der Waals surface area contributed by atoms with Gasteiger partial charge in [0.1, 0.15) is 6.10 Å². The molecular weight excluding hydrogens is 304 g/mol. The fraction of sp³-hybridized carbons (Fsp3) is 0.421. The molecule has 5 heteroatoms. The molecule has 1 saturated carbocycles. The van der Waals surface area contributed by atoms with E-state index in [-0.39, 0.29) is 6.10 Å². The largest absolute Gasteiger partial charge is 0.472 e. The molecule has 5 nitrogen and oxygen atoms in total. The molecule has 2 aromatic rings. The number of benzene rings is 1. The maximum atomic E-state index is 6.21. The SMILES string of the molecule is c1ccc(OC2C3CCC2N(Cc2ccc4c(c2)OCO4)C3)nc1. The number of nitrogens with zero attached hydrogens (tertiary/aromatic N) is 2. The highest BCUT2D eigenvalue weighted by Crippen LogP contribution is 2.41. The normalized spacial score (nSPS) is 27.6. The number of piperidine rings is 1. The van der Waals surface area contributed by atoms with Crippen LogP contribution in [0.25, 0.3) is 0 Å².